The fourth-order valence-electron chi connectivity index (χ4n) is 1.72. The monoisotopic (exact) mass is 295 g/mol. The normalized spacial score (nSPS) is 10.5. The van der Waals surface area contributed by atoms with Crippen molar-refractivity contribution < 1.29 is 0 Å². The number of benzene rings is 1. The lowest BCUT2D eigenvalue weighted by atomic mass is 10.1. The zero-order chi connectivity index (χ0) is 13.8. The van der Waals surface area contributed by atoms with Gasteiger partial charge < -0.3 is 5.32 Å². The van der Waals surface area contributed by atoms with Gasteiger partial charge in [0.1, 0.15) is 0 Å². The molecule has 0 amide bonds. The van der Waals surface area contributed by atoms with Gasteiger partial charge in [-0.2, -0.15) is 0 Å². The Morgan fingerprint density at radius 3 is 2.79 bits per heavy atom. The lowest BCUT2D eigenvalue weighted by Gasteiger charge is -2.10. The third-order valence-electron chi connectivity index (χ3n) is 2.69. The van der Waals surface area contributed by atoms with E-state index in [1.54, 1.807) is 18.3 Å². The van der Waals surface area contributed by atoms with E-state index in [0.29, 0.717) is 16.0 Å². The molecule has 1 heterocycles. The van der Waals surface area contributed by atoms with Crippen LogP contribution >= 0.6 is 23.2 Å². The topological polar surface area (TPSA) is 37.8 Å². The molecule has 2 rings (SSSR count). The van der Waals surface area contributed by atoms with Crippen LogP contribution in [0.1, 0.15) is 18.9 Å². The fraction of sp³-hybridized carbons (Fsp3) is 0.286. The summed E-state index contributed by atoms with van der Waals surface area (Å²) in [6.45, 7) is 4.89. The maximum absolute atomic E-state index is 6.22. The number of hydrogen-bond donors (Lipinski definition) is 1. The molecule has 0 aliphatic carbocycles. The molecule has 0 bridgehead atoms. The zero-order valence-corrected chi connectivity index (χ0v) is 12.4. The van der Waals surface area contributed by atoms with Gasteiger partial charge in [0, 0.05) is 23.3 Å². The van der Waals surface area contributed by atoms with E-state index in [1.807, 2.05) is 13.0 Å². The maximum Gasteiger partial charge on any atom is 0.223 e. The van der Waals surface area contributed by atoms with Crippen LogP contribution in [0.2, 0.25) is 10.0 Å². The van der Waals surface area contributed by atoms with E-state index in [2.05, 4.69) is 22.2 Å². The lowest BCUT2D eigenvalue weighted by molar-refractivity contribution is 0.951. The molecular weight excluding hydrogens is 281 g/mol. The van der Waals surface area contributed by atoms with Crippen molar-refractivity contribution in [2.24, 2.45) is 0 Å². The Morgan fingerprint density at radius 1 is 1.26 bits per heavy atom. The highest BCUT2D eigenvalue weighted by Gasteiger charge is 2.10. The Balaban J connectivity index is 2.45. The van der Waals surface area contributed by atoms with E-state index in [-0.39, 0.29) is 0 Å². The molecule has 19 heavy (non-hydrogen) atoms. The Hall–Kier alpha value is -1.32. The van der Waals surface area contributed by atoms with Gasteiger partial charge >= 0.3 is 0 Å². The molecule has 0 atom stereocenters. The molecular formula is C14H15Cl2N3. The van der Waals surface area contributed by atoms with Crippen LogP contribution in [0.3, 0.4) is 0 Å². The van der Waals surface area contributed by atoms with Crippen LogP contribution in [-0.4, -0.2) is 16.5 Å². The minimum atomic E-state index is 0.610. The van der Waals surface area contributed by atoms with Gasteiger partial charge in [-0.25, -0.2) is 9.97 Å². The number of halogens is 2. The average molecular weight is 296 g/mol. The molecule has 1 N–H and O–H groups in total. The number of nitrogens with zero attached hydrogens (tertiary/aromatic N) is 2. The first-order valence-corrected chi connectivity index (χ1v) is 6.90. The van der Waals surface area contributed by atoms with Crippen LogP contribution in [0, 0.1) is 6.92 Å². The quantitative estimate of drug-likeness (QED) is 0.897. The van der Waals surface area contributed by atoms with Crippen molar-refractivity contribution in [3.8, 4) is 11.3 Å². The van der Waals surface area contributed by atoms with E-state index >= 15 is 0 Å². The second kappa shape index (κ2) is 6.22. The Labute approximate surface area is 123 Å². The summed E-state index contributed by atoms with van der Waals surface area (Å²) in [4.78, 5) is 8.77. The molecule has 0 aliphatic rings. The molecule has 2 aromatic rings. The number of nitrogens with one attached hydrogen (secondary N) is 1. The highest BCUT2D eigenvalue weighted by molar-refractivity contribution is 6.35. The number of anilines is 1. The molecule has 0 fully saturated rings. The SMILES string of the molecule is CCCNc1ncc(C)c(-c2cc(Cl)ccc2Cl)n1. The predicted octanol–water partition coefficient (Wildman–Crippen LogP) is 4.58. The van der Waals surface area contributed by atoms with Gasteiger partial charge in [-0.15, -0.1) is 0 Å². The van der Waals surface area contributed by atoms with Crippen LogP contribution < -0.4 is 5.32 Å². The van der Waals surface area contributed by atoms with E-state index < -0.39 is 0 Å². The Morgan fingerprint density at radius 2 is 2.05 bits per heavy atom. The molecule has 0 unspecified atom stereocenters. The van der Waals surface area contributed by atoms with E-state index in [0.717, 1.165) is 29.8 Å². The summed E-state index contributed by atoms with van der Waals surface area (Å²) in [5, 5.41) is 4.44. The predicted molar refractivity (Wildman–Crippen MR) is 81.0 cm³/mol. The van der Waals surface area contributed by atoms with Crippen molar-refractivity contribution in [3.05, 3.63) is 40.0 Å². The van der Waals surface area contributed by atoms with Crippen molar-refractivity contribution in [2.75, 3.05) is 11.9 Å². The fourth-order valence-corrected chi connectivity index (χ4v) is 2.09. The Kier molecular flexibility index (Phi) is 4.61. The first-order valence-electron chi connectivity index (χ1n) is 6.14. The Bertz CT molecular complexity index is 585. The highest BCUT2D eigenvalue weighted by atomic mass is 35.5. The summed E-state index contributed by atoms with van der Waals surface area (Å²) in [5.74, 6) is 0.610. The molecule has 0 saturated carbocycles. The van der Waals surface area contributed by atoms with Crippen LogP contribution in [0.4, 0.5) is 5.95 Å². The van der Waals surface area contributed by atoms with E-state index in [4.69, 9.17) is 23.2 Å². The van der Waals surface area contributed by atoms with Crippen LogP contribution in [0.5, 0.6) is 0 Å². The molecule has 0 radical (unpaired) electrons. The van der Waals surface area contributed by atoms with Gasteiger partial charge in [-0.3, -0.25) is 0 Å². The number of aromatic nitrogens is 2. The van der Waals surface area contributed by atoms with Crippen LogP contribution in [0.15, 0.2) is 24.4 Å². The van der Waals surface area contributed by atoms with Gasteiger partial charge in [-0.05, 0) is 37.1 Å². The summed E-state index contributed by atoms with van der Waals surface area (Å²) < 4.78 is 0. The van der Waals surface area contributed by atoms with Crippen molar-refractivity contribution in [1.82, 2.24) is 9.97 Å². The van der Waals surface area contributed by atoms with E-state index in [1.165, 1.54) is 0 Å². The largest absolute Gasteiger partial charge is 0.354 e. The van der Waals surface area contributed by atoms with E-state index in [9.17, 15) is 0 Å². The molecule has 1 aromatic heterocycles. The smallest absolute Gasteiger partial charge is 0.223 e. The van der Waals surface area contributed by atoms with Crippen molar-refractivity contribution in [1.29, 1.82) is 0 Å². The maximum atomic E-state index is 6.22. The first-order chi connectivity index (χ1) is 9.11. The lowest BCUT2D eigenvalue weighted by Crippen LogP contribution is -2.05. The van der Waals surface area contributed by atoms with Crippen LogP contribution in [0.25, 0.3) is 11.3 Å². The molecule has 5 heteroatoms. The van der Waals surface area contributed by atoms with Gasteiger partial charge in [0.15, 0.2) is 0 Å². The minimum Gasteiger partial charge on any atom is -0.354 e. The summed E-state index contributed by atoms with van der Waals surface area (Å²) in [5.41, 5.74) is 2.60. The zero-order valence-electron chi connectivity index (χ0n) is 10.9. The average Bonchev–Trinajstić information content (AvgIpc) is 2.41. The van der Waals surface area contributed by atoms with Gasteiger partial charge in [0.05, 0.1) is 10.7 Å². The summed E-state index contributed by atoms with van der Waals surface area (Å²) >= 11 is 12.2. The number of aryl methyl sites for hydroxylation is 1. The second-order valence-corrected chi connectivity index (χ2v) is 5.12. The molecule has 100 valence electrons. The summed E-state index contributed by atoms with van der Waals surface area (Å²) in [6, 6.07) is 5.36. The number of hydrogen-bond acceptors (Lipinski definition) is 3. The third kappa shape index (κ3) is 3.37. The van der Waals surface area contributed by atoms with Crippen molar-refractivity contribution in [2.45, 2.75) is 20.3 Å². The molecule has 0 aliphatic heterocycles. The van der Waals surface area contributed by atoms with Gasteiger partial charge in [-0.1, -0.05) is 30.1 Å². The third-order valence-corrected chi connectivity index (χ3v) is 3.25. The molecule has 0 saturated heterocycles. The van der Waals surface area contributed by atoms with Crippen molar-refractivity contribution in [3.63, 3.8) is 0 Å². The summed E-state index contributed by atoms with van der Waals surface area (Å²) in [6.07, 6.45) is 2.81. The molecule has 1 aromatic carbocycles. The second-order valence-electron chi connectivity index (χ2n) is 4.28. The van der Waals surface area contributed by atoms with Crippen LogP contribution in [-0.2, 0) is 0 Å². The molecule has 3 nitrogen and oxygen atoms in total. The van der Waals surface area contributed by atoms with Gasteiger partial charge in [0.2, 0.25) is 5.95 Å². The van der Waals surface area contributed by atoms with Gasteiger partial charge in [0.25, 0.3) is 0 Å². The first kappa shape index (κ1) is 14.1. The number of rotatable bonds is 4. The highest BCUT2D eigenvalue weighted by Crippen LogP contribution is 2.31. The molecule has 0 spiro atoms. The minimum absolute atomic E-state index is 0.610. The summed E-state index contributed by atoms with van der Waals surface area (Å²) in [7, 11) is 0. The van der Waals surface area contributed by atoms with Crippen molar-refractivity contribution >= 4 is 29.2 Å². The standard InChI is InChI=1S/C14H15Cl2N3/c1-3-6-17-14-18-8-9(2)13(19-14)11-7-10(15)4-5-12(11)16/h4-5,7-8H,3,6H2,1-2H3,(H,17,18,19).